The molecule has 0 aliphatic heterocycles. The highest BCUT2D eigenvalue weighted by Crippen LogP contribution is 2.35. The normalized spacial score (nSPS) is 11.4. The molecule has 0 bridgehead atoms. The highest BCUT2D eigenvalue weighted by atomic mass is 19.4. The van der Waals surface area contributed by atoms with Gasteiger partial charge >= 0.3 is 12.1 Å². The van der Waals surface area contributed by atoms with E-state index in [0.717, 1.165) is 17.7 Å². The number of hydrogen-bond acceptors (Lipinski definition) is 6. The molecule has 3 N–H and O–H groups in total. The number of hydrogen-bond donors (Lipinski definition) is 2. The van der Waals surface area contributed by atoms with Crippen molar-refractivity contribution in [2.24, 2.45) is 0 Å². The molecule has 11 heteroatoms. The van der Waals surface area contributed by atoms with Crippen LogP contribution in [-0.4, -0.2) is 33.5 Å². The predicted molar refractivity (Wildman–Crippen MR) is 147 cm³/mol. The lowest BCUT2D eigenvalue weighted by Crippen LogP contribution is -2.23. The van der Waals surface area contributed by atoms with E-state index in [-0.39, 0.29) is 30.2 Å². The van der Waals surface area contributed by atoms with E-state index in [0.29, 0.717) is 33.7 Å². The molecule has 0 unspecified atom stereocenters. The summed E-state index contributed by atoms with van der Waals surface area (Å²) in [4.78, 5) is 33.0. The number of imidazole rings is 1. The number of fused-ring (bicyclic) bond motifs is 1. The number of rotatable bonds is 7. The van der Waals surface area contributed by atoms with Gasteiger partial charge in [0.15, 0.2) is 0 Å². The van der Waals surface area contributed by atoms with Gasteiger partial charge in [0.25, 0.3) is 5.91 Å². The molecule has 0 saturated heterocycles. The van der Waals surface area contributed by atoms with Gasteiger partial charge < -0.3 is 15.8 Å². The summed E-state index contributed by atoms with van der Waals surface area (Å²) in [5.74, 6) is -0.194. The van der Waals surface area contributed by atoms with Crippen molar-refractivity contribution in [1.29, 1.82) is 0 Å². The number of methoxy groups -OCH3 is 1. The van der Waals surface area contributed by atoms with Gasteiger partial charge in [-0.15, -0.1) is 0 Å². The highest BCUT2D eigenvalue weighted by Gasteiger charge is 2.31. The first-order chi connectivity index (χ1) is 19.6. The minimum absolute atomic E-state index is 0.0547. The molecule has 5 aromatic rings. The molecule has 1 amide bonds. The van der Waals surface area contributed by atoms with Crippen LogP contribution in [0, 0.1) is 0 Å². The molecule has 0 aliphatic carbocycles. The molecule has 2 heterocycles. The van der Waals surface area contributed by atoms with E-state index in [9.17, 15) is 22.8 Å². The zero-order valence-electron chi connectivity index (χ0n) is 21.8. The molecule has 0 spiro atoms. The first kappa shape index (κ1) is 27.4. The van der Waals surface area contributed by atoms with Gasteiger partial charge in [0.1, 0.15) is 11.6 Å². The standard InChI is InChI=1S/C30H24F3N5O3/c1-41-26(39)15-19-4-2-5-20(14-19)29(40)36-17-18-7-10-22(11-8-18)38-25-16-21(30(31,32)33)9-12-24(25)37-28(38)23-6-3-13-35-27(23)34/h2-14,16H,15,17H2,1H3,(H2,34,35)(H,36,40). The summed E-state index contributed by atoms with van der Waals surface area (Å²) in [5, 5.41) is 2.84. The number of halogens is 3. The summed E-state index contributed by atoms with van der Waals surface area (Å²) < 4.78 is 46.9. The summed E-state index contributed by atoms with van der Waals surface area (Å²) in [6, 6.07) is 20.4. The summed E-state index contributed by atoms with van der Waals surface area (Å²) >= 11 is 0. The number of aromatic nitrogens is 3. The Morgan fingerprint density at radius 2 is 1.76 bits per heavy atom. The Kier molecular flexibility index (Phi) is 7.43. The van der Waals surface area contributed by atoms with Crippen molar-refractivity contribution in [3.05, 3.63) is 107 Å². The van der Waals surface area contributed by atoms with Crippen molar-refractivity contribution in [3.63, 3.8) is 0 Å². The number of anilines is 1. The third kappa shape index (κ3) is 5.88. The maximum Gasteiger partial charge on any atom is 0.416 e. The molecule has 0 aliphatic rings. The maximum atomic E-state index is 13.5. The smallest absolute Gasteiger partial charge is 0.416 e. The van der Waals surface area contributed by atoms with Crippen LogP contribution < -0.4 is 11.1 Å². The molecule has 0 radical (unpaired) electrons. The number of pyridine rings is 1. The Labute approximate surface area is 232 Å². The van der Waals surface area contributed by atoms with Gasteiger partial charge in [0, 0.05) is 24.0 Å². The number of carbonyl (C=O) groups is 2. The monoisotopic (exact) mass is 559 g/mol. The minimum atomic E-state index is -4.53. The summed E-state index contributed by atoms with van der Waals surface area (Å²) in [7, 11) is 1.30. The van der Waals surface area contributed by atoms with Crippen molar-refractivity contribution in [2.75, 3.05) is 12.8 Å². The third-order valence-corrected chi connectivity index (χ3v) is 6.47. The van der Waals surface area contributed by atoms with Crippen molar-refractivity contribution >= 4 is 28.7 Å². The predicted octanol–water partition coefficient (Wildman–Crippen LogP) is 5.33. The fourth-order valence-corrected chi connectivity index (χ4v) is 4.41. The molecular weight excluding hydrogens is 535 g/mol. The number of ether oxygens (including phenoxy) is 1. The van der Waals surface area contributed by atoms with E-state index in [1.165, 1.54) is 19.4 Å². The summed E-state index contributed by atoms with van der Waals surface area (Å²) in [6.07, 6.45) is -2.96. The number of nitrogens with one attached hydrogen (secondary N) is 1. The van der Waals surface area contributed by atoms with Crippen LogP contribution in [0.1, 0.15) is 27.0 Å². The van der Waals surface area contributed by atoms with E-state index in [1.54, 1.807) is 65.2 Å². The summed E-state index contributed by atoms with van der Waals surface area (Å²) in [6.45, 7) is 0.200. The second-order valence-corrected chi connectivity index (χ2v) is 9.21. The van der Waals surface area contributed by atoms with E-state index in [2.05, 4.69) is 20.0 Å². The van der Waals surface area contributed by atoms with Crippen molar-refractivity contribution in [1.82, 2.24) is 19.9 Å². The molecule has 3 aromatic carbocycles. The van der Waals surface area contributed by atoms with E-state index < -0.39 is 17.7 Å². The van der Waals surface area contributed by atoms with E-state index in [4.69, 9.17) is 5.73 Å². The molecule has 208 valence electrons. The number of nitrogens with zero attached hydrogens (tertiary/aromatic N) is 3. The van der Waals surface area contributed by atoms with E-state index in [1.807, 2.05) is 0 Å². The van der Waals surface area contributed by atoms with E-state index >= 15 is 0 Å². The van der Waals surface area contributed by atoms with Crippen LogP contribution in [0.2, 0.25) is 0 Å². The average Bonchev–Trinajstić information content (AvgIpc) is 3.34. The van der Waals surface area contributed by atoms with Gasteiger partial charge in [-0.3, -0.25) is 14.2 Å². The lowest BCUT2D eigenvalue weighted by molar-refractivity contribution is -0.140. The Hall–Kier alpha value is -5.19. The van der Waals surface area contributed by atoms with Gasteiger partial charge in [-0.05, 0) is 65.7 Å². The number of benzene rings is 3. The Morgan fingerprint density at radius 3 is 2.46 bits per heavy atom. The lowest BCUT2D eigenvalue weighted by Gasteiger charge is -2.13. The fraction of sp³-hybridized carbons (Fsp3) is 0.133. The molecule has 0 saturated carbocycles. The molecule has 5 rings (SSSR count). The molecule has 0 atom stereocenters. The van der Waals surface area contributed by atoms with Crippen LogP contribution in [-0.2, 0) is 28.7 Å². The van der Waals surface area contributed by atoms with Gasteiger partial charge in [-0.25, -0.2) is 9.97 Å². The number of nitrogen functional groups attached to an aromatic ring is 1. The first-order valence-corrected chi connectivity index (χ1v) is 12.5. The zero-order valence-corrected chi connectivity index (χ0v) is 21.8. The van der Waals surface area contributed by atoms with Gasteiger partial charge in [0.05, 0.1) is 35.7 Å². The minimum Gasteiger partial charge on any atom is -0.469 e. The lowest BCUT2D eigenvalue weighted by atomic mass is 10.1. The largest absolute Gasteiger partial charge is 0.469 e. The topological polar surface area (TPSA) is 112 Å². The molecule has 0 fully saturated rings. The SMILES string of the molecule is COC(=O)Cc1cccc(C(=O)NCc2ccc(-n3c(-c4cccnc4N)nc4ccc(C(F)(F)F)cc43)cc2)c1. The van der Waals surface area contributed by atoms with Crippen LogP contribution >= 0.6 is 0 Å². The molecule has 41 heavy (non-hydrogen) atoms. The molecule has 2 aromatic heterocycles. The van der Waals surface area contributed by atoms with Gasteiger partial charge in [-0.1, -0.05) is 24.3 Å². The fourth-order valence-electron chi connectivity index (χ4n) is 4.41. The zero-order chi connectivity index (χ0) is 29.1. The second-order valence-electron chi connectivity index (χ2n) is 9.21. The Morgan fingerprint density at radius 1 is 0.976 bits per heavy atom. The first-order valence-electron chi connectivity index (χ1n) is 12.5. The number of esters is 1. The number of nitrogens with two attached hydrogens (primary N) is 1. The number of carbonyl (C=O) groups excluding carboxylic acids is 2. The van der Waals surface area contributed by atoms with Crippen molar-refractivity contribution < 1.29 is 27.5 Å². The average molecular weight is 560 g/mol. The van der Waals surface area contributed by atoms with Crippen LogP contribution in [0.25, 0.3) is 28.1 Å². The van der Waals surface area contributed by atoms with Crippen molar-refractivity contribution in [3.8, 4) is 17.1 Å². The summed E-state index contributed by atoms with van der Waals surface area (Å²) in [5.41, 5.74) is 8.75. The maximum absolute atomic E-state index is 13.5. The molecule has 8 nitrogen and oxygen atoms in total. The number of amides is 1. The van der Waals surface area contributed by atoms with Crippen LogP contribution in [0.4, 0.5) is 19.0 Å². The van der Waals surface area contributed by atoms with Gasteiger partial charge in [0.2, 0.25) is 0 Å². The third-order valence-electron chi connectivity index (χ3n) is 6.47. The van der Waals surface area contributed by atoms with Gasteiger partial charge in [-0.2, -0.15) is 13.2 Å². The Bertz CT molecular complexity index is 1750. The van der Waals surface area contributed by atoms with Crippen molar-refractivity contribution in [2.45, 2.75) is 19.1 Å². The van der Waals surface area contributed by atoms with Crippen LogP contribution in [0.5, 0.6) is 0 Å². The van der Waals surface area contributed by atoms with Crippen LogP contribution in [0.15, 0.2) is 85.1 Å². The molecular formula is C30H24F3N5O3. The quantitative estimate of drug-likeness (QED) is 0.261. The van der Waals surface area contributed by atoms with Crippen LogP contribution in [0.3, 0.4) is 0 Å². The number of alkyl halides is 3. The second kappa shape index (κ2) is 11.1. The Balaban J connectivity index is 1.43. The highest BCUT2D eigenvalue weighted by molar-refractivity contribution is 5.94.